The van der Waals surface area contributed by atoms with E-state index in [4.69, 9.17) is 0 Å². The molecule has 0 heterocycles. The lowest BCUT2D eigenvalue weighted by Gasteiger charge is -2.36. The molecule has 0 saturated heterocycles. The van der Waals surface area contributed by atoms with Crippen molar-refractivity contribution in [2.45, 2.75) is 64.3 Å². The molecule has 1 aromatic carbocycles. The van der Waals surface area contributed by atoms with Gasteiger partial charge in [0.1, 0.15) is 0 Å². The fourth-order valence-corrected chi connectivity index (χ4v) is 3.85. The van der Waals surface area contributed by atoms with Gasteiger partial charge < -0.3 is 5.32 Å². The van der Waals surface area contributed by atoms with Crippen LogP contribution in [0.25, 0.3) is 0 Å². The third kappa shape index (κ3) is 3.44. The number of hydrogen-bond acceptors (Lipinski definition) is 1. The van der Waals surface area contributed by atoms with Crippen molar-refractivity contribution in [1.29, 1.82) is 0 Å². The van der Waals surface area contributed by atoms with Crippen LogP contribution in [-0.4, -0.2) is 12.6 Å². The number of aryl methyl sites for hydroxylation is 1. The van der Waals surface area contributed by atoms with Gasteiger partial charge in [-0.25, -0.2) is 0 Å². The highest BCUT2D eigenvalue weighted by Gasteiger charge is 2.32. The van der Waals surface area contributed by atoms with Crippen LogP contribution in [0.4, 0.5) is 0 Å². The molecular formula is C19H29N. The van der Waals surface area contributed by atoms with Crippen LogP contribution in [0.1, 0.15) is 62.5 Å². The molecule has 3 unspecified atom stereocenters. The van der Waals surface area contributed by atoms with E-state index in [0.717, 1.165) is 23.8 Å². The molecule has 2 saturated carbocycles. The number of rotatable bonds is 5. The Morgan fingerprint density at radius 2 is 2.00 bits per heavy atom. The highest BCUT2D eigenvalue weighted by molar-refractivity contribution is 5.26. The van der Waals surface area contributed by atoms with Gasteiger partial charge in [-0.15, -0.1) is 0 Å². The lowest BCUT2D eigenvalue weighted by Crippen LogP contribution is -2.33. The summed E-state index contributed by atoms with van der Waals surface area (Å²) in [4.78, 5) is 0. The maximum Gasteiger partial charge on any atom is 0.00683 e. The van der Waals surface area contributed by atoms with E-state index in [2.05, 4.69) is 43.4 Å². The molecular weight excluding hydrogens is 242 g/mol. The molecule has 110 valence electrons. The van der Waals surface area contributed by atoms with Crippen LogP contribution in [0.3, 0.4) is 0 Å². The van der Waals surface area contributed by atoms with E-state index in [9.17, 15) is 0 Å². The van der Waals surface area contributed by atoms with Crippen LogP contribution in [0.2, 0.25) is 0 Å². The molecule has 20 heavy (non-hydrogen) atoms. The molecule has 0 bridgehead atoms. The third-order valence-electron chi connectivity index (χ3n) is 5.40. The lowest BCUT2D eigenvalue weighted by atomic mass is 9.70. The third-order valence-corrected chi connectivity index (χ3v) is 5.40. The molecule has 2 aliphatic carbocycles. The Kier molecular flexibility index (Phi) is 4.45. The van der Waals surface area contributed by atoms with Crippen molar-refractivity contribution < 1.29 is 0 Å². The molecule has 3 atom stereocenters. The Morgan fingerprint density at radius 1 is 1.15 bits per heavy atom. The Hall–Kier alpha value is -0.820. The summed E-state index contributed by atoms with van der Waals surface area (Å²) in [5, 5.41) is 3.77. The summed E-state index contributed by atoms with van der Waals surface area (Å²) in [5.41, 5.74) is 3.00. The molecule has 0 aromatic heterocycles. The second-order valence-electron chi connectivity index (χ2n) is 7.05. The summed E-state index contributed by atoms with van der Waals surface area (Å²) in [6.07, 6.45) is 8.41. The first kappa shape index (κ1) is 14.1. The van der Waals surface area contributed by atoms with Gasteiger partial charge in [-0.05, 0) is 62.5 Å². The number of nitrogens with one attached hydrogen (secondary N) is 1. The average molecular weight is 271 g/mol. The summed E-state index contributed by atoms with van der Waals surface area (Å²) in [6, 6.07) is 10.1. The van der Waals surface area contributed by atoms with Gasteiger partial charge in [0.15, 0.2) is 0 Å². The summed E-state index contributed by atoms with van der Waals surface area (Å²) >= 11 is 0. The Labute approximate surface area is 124 Å². The monoisotopic (exact) mass is 271 g/mol. The maximum absolute atomic E-state index is 3.77. The van der Waals surface area contributed by atoms with Crippen molar-refractivity contribution >= 4 is 0 Å². The first-order valence-electron chi connectivity index (χ1n) is 8.56. The minimum Gasteiger partial charge on any atom is -0.314 e. The van der Waals surface area contributed by atoms with Crippen LogP contribution in [0.15, 0.2) is 24.3 Å². The van der Waals surface area contributed by atoms with Crippen LogP contribution in [-0.2, 0) is 0 Å². The molecule has 2 aliphatic rings. The van der Waals surface area contributed by atoms with Crippen molar-refractivity contribution in [3.63, 3.8) is 0 Å². The van der Waals surface area contributed by atoms with Gasteiger partial charge in [-0.1, -0.05) is 49.6 Å². The first-order valence-corrected chi connectivity index (χ1v) is 8.56. The molecule has 0 aliphatic heterocycles. The molecule has 3 rings (SSSR count). The summed E-state index contributed by atoms with van der Waals surface area (Å²) in [5.74, 6) is 2.57. The molecule has 1 nitrogen and oxygen atoms in total. The van der Waals surface area contributed by atoms with Crippen molar-refractivity contribution in [1.82, 2.24) is 5.32 Å². The van der Waals surface area contributed by atoms with Gasteiger partial charge in [-0.2, -0.15) is 0 Å². The van der Waals surface area contributed by atoms with Crippen molar-refractivity contribution in [2.75, 3.05) is 6.54 Å². The Bertz CT molecular complexity index is 435. The predicted octanol–water partition coefficient (Wildman–Crippen LogP) is 4.66. The van der Waals surface area contributed by atoms with E-state index in [-0.39, 0.29) is 0 Å². The number of hydrogen-bond donors (Lipinski definition) is 1. The van der Waals surface area contributed by atoms with Crippen LogP contribution >= 0.6 is 0 Å². The van der Waals surface area contributed by atoms with Crippen molar-refractivity contribution in [2.24, 2.45) is 11.8 Å². The summed E-state index contributed by atoms with van der Waals surface area (Å²) in [6.45, 7) is 5.82. The highest BCUT2D eigenvalue weighted by Crippen LogP contribution is 2.42. The van der Waals surface area contributed by atoms with Crippen LogP contribution in [0.5, 0.6) is 0 Å². The molecule has 0 spiro atoms. The van der Waals surface area contributed by atoms with Gasteiger partial charge in [-0.3, -0.25) is 0 Å². The molecule has 2 fully saturated rings. The van der Waals surface area contributed by atoms with E-state index in [0.29, 0.717) is 0 Å². The van der Waals surface area contributed by atoms with Crippen molar-refractivity contribution in [3.05, 3.63) is 35.4 Å². The minimum absolute atomic E-state index is 0.778. The minimum atomic E-state index is 0.778. The molecule has 1 aromatic rings. The Morgan fingerprint density at radius 3 is 2.70 bits per heavy atom. The second-order valence-corrected chi connectivity index (χ2v) is 7.05. The van der Waals surface area contributed by atoms with E-state index < -0.39 is 0 Å². The number of benzene rings is 1. The fourth-order valence-electron chi connectivity index (χ4n) is 3.85. The van der Waals surface area contributed by atoms with Gasteiger partial charge >= 0.3 is 0 Å². The highest BCUT2D eigenvalue weighted by atomic mass is 14.9. The largest absolute Gasteiger partial charge is 0.314 e. The maximum atomic E-state index is 3.77. The summed E-state index contributed by atoms with van der Waals surface area (Å²) in [7, 11) is 0. The normalized spacial score (nSPS) is 30.4. The zero-order valence-electron chi connectivity index (χ0n) is 13.1. The summed E-state index contributed by atoms with van der Waals surface area (Å²) < 4.78 is 0. The SMILES string of the molecule is CCC1CCC(CNC2CC2)C(c2cccc(C)c2)C1. The topological polar surface area (TPSA) is 12.0 Å². The van der Waals surface area contributed by atoms with Crippen molar-refractivity contribution in [3.8, 4) is 0 Å². The zero-order chi connectivity index (χ0) is 13.9. The van der Waals surface area contributed by atoms with Crippen LogP contribution in [0, 0.1) is 18.8 Å². The zero-order valence-corrected chi connectivity index (χ0v) is 13.1. The fraction of sp³-hybridized carbons (Fsp3) is 0.684. The molecule has 0 radical (unpaired) electrons. The molecule has 0 amide bonds. The lowest BCUT2D eigenvalue weighted by molar-refractivity contribution is 0.225. The quantitative estimate of drug-likeness (QED) is 0.821. The first-order chi connectivity index (χ1) is 9.76. The van der Waals surface area contributed by atoms with Gasteiger partial charge in [0, 0.05) is 6.04 Å². The van der Waals surface area contributed by atoms with E-state index in [1.54, 1.807) is 5.56 Å². The second kappa shape index (κ2) is 6.30. The average Bonchev–Trinajstić information content (AvgIpc) is 3.29. The van der Waals surface area contributed by atoms with Crippen LogP contribution < -0.4 is 5.32 Å². The standard InChI is InChI=1S/C19H29N/c1-3-15-7-8-17(13-20-18-9-10-18)19(12-15)16-6-4-5-14(2)11-16/h4-6,11,15,17-20H,3,7-10,12-13H2,1-2H3. The predicted molar refractivity (Wildman–Crippen MR) is 86.1 cm³/mol. The van der Waals surface area contributed by atoms with E-state index >= 15 is 0 Å². The van der Waals surface area contributed by atoms with E-state index in [1.807, 2.05) is 0 Å². The molecule has 1 N–H and O–H groups in total. The van der Waals surface area contributed by atoms with Gasteiger partial charge in [0.05, 0.1) is 0 Å². The Balaban J connectivity index is 1.72. The van der Waals surface area contributed by atoms with Gasteiger partial charge in [0.25, 0.3) is 0 Å². The smallest absolute Gasteiger partial charge is 0.00683 e. The molecule has 1 heteroatoms. The van der Waals surface area contributed by atoms with Gasteiger partial charge in [0.2, 0.25) is 0 Å². The van der Waals surface area contributed by atoms with E-state index in [1.165, 1.54) is 50.6 Å².